The van der Waals surface area contributed by atoms with Crippen LogP contribution in [0.2, 0.25) is 0 Å². The van der Waals surface area contributed by atoms with Crippen LogP contribution in [0.1, 0.15) is 51.9 Å². The van der Waals surface area contributed by atoms with E-state index in [1.807, 2.05) is 6.07 Å². The average molecular weight is 246 g/mol. The van der Waals surface area contributed by atoms with Crippen molar-refractivity contribution in [3.05, 3.63) is 30.3 Å². The Hall–Kier alpha value is -0.870. The summed E-state index contributed by atoms with van der Waals surface area (Å²) in [4.78, 5) is 1.24. The van der Waals surface area contributed by atoms with Gasteiger partial charge < -0.3 is 0 Å². The van der Waals surface area contributed by atoms with E-state index in [4.69, 9.17) is 0 Å². The highest BCUT2D eigenvalue weighted by atomic mass is 32.2. The molecule has 0 aromatic heterocycles. The first-order valence-electron chi connectivity index (χ1n) is 6.63. The molecule has 0 amide bonds. The van der Waals surface area contributed by atoms with Gasteiger partial charge in [-0.2, -0.15) is 0 Å². The maximum absolute atomic E-state index is 3.24. The van der Waals surface area contributed by atoms with E-state index in [-0.39, 0.29) is 0 Å². The lowest BCUT2D eigenvalue weighted by atomic mass is 10.1. The summed E-state index contributed by atoms with van der Waals surface area (Å²) in [6, 6.07) is 10.3. The van der Waals surface area contributed by atoms with Crippen molar-refractivity contribution < 1.29 is 0 Å². The minimum absolute atomic E-state index is 1.05. The molecule has 0 heterocycles. The van der Waals surface area contributed by atoms with Crippen molar-refractivity contribution in [1.82, 2.24) is 0 Å². The van der Waals surface area contributed by atoms with Gasteiger partial charge >= 0.3 is 0 Å². The van der Waals surface area contributed by atoms with Crippen LogP contribution in [0.4, 0.5) is 0 Å². The van der Waals surface area contributed by atoms with Crippen LogP contribution in [-0.2, 0) is 0 Å². The van der Waals surface area contributed by atoms with E-state index in [0.717, 1.165) is 6.42 Å². The van der Waals surface area contributed by atoms with Gasteiger partial charge in [0.25, 0.3) is 0 Å². The zero-order valence-corrected chi connectivity index (χ0v) is 11.6. The van der Waals surface area contributed by atoms with Crippen LogP contribution in [0, 0.1) is 11.2 Å². The zero-order chi connectivity index (χ0) is 12.2. The lowest BCUT2D eigenvalue weighted by molar-refractivity contribution is 0.614. The van der Waals surface area contributed by atoms with Gasteiger partial charge in [-0.15, -0.1) is 0 Å². The van der Waals surface area contributed by atoms with E-state index < -0.39 is 0 Å². The molecule has 0 saturated carbocycles. The molecule has 1 heteroatoms. The molecule has 0 spiro atoms. The van der Waals surface area contributed by atoms with Crippen LogP contribution in [0.5, 0.6) is 0 Å². The fraction of sp³-hybridized carbons (Fsp3) is 0.500. The smallest absolute Gasteiger partial charge is 0.0203 e. The third-order valence-electron chi connectivity index (χ3n) is 2.64. The number of thioether (sulfide) groups is 1. The normalized spacial score (nSPS) is 9.71. The Morgan fingerprint density at radius 2 is 1.65 bits per heavy atom. The topological polar surface area (TPSA) is 0 Å². The Morgan fingerprint density at radius 3 is 2.41 bits per heavy atom. The summed E-state index contributed by atoms with van der Waals surface area (Å²) >= 11 is 1.63. The molecule has 0 aliphatic carbocycles. The van der Waals surface area contributed by atoms with E-state index in [1.165, 1.54) is 43.4 Å². The molecular formula is C16H22S. The van der Waals surface area contributed by atoms with E-state index >= 15 is 0 Å². The fourth-order valence-electron chi connectivity index (χ4n) is 1.63. The molecule has 0 aliphatic rings. The summed E-state index contributed by atoms with van der Waals surface area (Å²) < 4.78 is 0. The summed E-state index contributed by atoms with van der Waals surface area (Å²) in [6.07, 6.45) is 9.12. The molecule has 0 atom stereocenters. The largest absolute Gasteiger partial charge is 0.0909 e. The molecular weight excluding hydrogens is 224 g/mol. The minimum atomic E-state index is 1.05. The van der Waals surface area contributed by atoms with E-state index in [9.17, 15) is 0 Å². The lowest BCUT2D eigenvalue weighted by Gasteiger charge is -1.96. The van der Waals surface area contributed by atoms with Gasteiger partial charge in [0.1, 0.15) is 0 Å². The molecule has 0 N–H and O–H groups in total. The quantitative estimate of drug-likeness (QED) is 0.348. The van der Waals surface area contributed by atoms with Crippen LogP contribution in [0.25, 0.3) is 0 Å². The average Bonchev–Trinajstić information content (AvgIpc) is 2.38. The SMILES string of the molecule is CCCCCCCCC#CSc1ccccc1. The van der Waals surface area contributed by atoms with Crippen molar-refractivity contribution in [1.29, 1.82) is 0 Å². The molecule has 1 aromatic rings. The van der Waals surface area contributed by atoms with Gasteiger partial charge in [0.2, 0.25) is 0 Å². The van der Waals surface area contributed by atoms with Gasteiger partial charge in [0.15, 0.2) is 0 Å². The molecule has 92 valence electrons. The first-order valence-corrected chi connectivity index (χ1v) is 7.45. The number of hydrogen-bond acceptors (Lipinski definition) is 1. The molecule has 0 aliphatic heterocycles. The molecule has 1 rings (SSSR count). The summed E-state index contributed by atoms with van der Waals surface area (Å²) in [5.41, 5.74) is 0. The van der Waals surface area contributed by atoms with Crippen molar-refractivity contribution in [3.63, 3.8) is 0 Å². The first-order chi connectivity index (χ1) is 8.43. The minimum Gasteiger partial charge on any atom is -0.0909 e. The monoisotopic (exact) mass is 246 g/mol. The third-order valence-corrected chi connectivity index (χ3v) is 3.39. The second kappa shape index (κ2) is 10.3. The molecule has 1 aromatic carbocycles. The summed E-state index contributed by atoms with van der Waals surface area (Å²) in [5.74, 6) is 3.24. The molecule has 0 fully saturated rings. The Morgan fingerprint density at radius 1 is 0.941 bits per heavy atom. The lowest BCUT2D eigenvalue weighted by Crippen LogP contribution is -1.77. The zero-order valence-electron chi connectivity index (χ0n) is 10.7. The summed E-state index contributed by atoms with van der Waals surface area (Å²) in [5, 5.41) is 3.17. The van der Waals surface area contributed by atoms with Gasteiger partial charge in [-0.3, -0.25) is 0 Å². The molecule has 0 bridgehead atoms. The molecule has 0 unspecified atom stereocenters. The molecule has 0 radical (unpaired) electrons. The predicted molar refractivity (Wildman–Crippen MR) is 78.1 cm³/mol. The van der Waals surface area contributed by atoms with Crippen molar-refractivity contribution in [2.45, 2.75) is 56.8 Å². The third kappa shape index (κ3) is 7.94. The number of rotatable bonds is 7. The van der Waals surface area contributed by atoms with Crippen LogP contribution in [0.15, 0.2) is 35.2 Å². The van der Waals surface area contributed by atoms with Gasteiger partial charge in [-0.1, -0.05) is 63.1 Å². The summed E-state index contributed by atoms with van der Waals surface area (Å²) in [6.45, 7) is 2.26. The van der Waals surface area contributed by atoms with Crippen molar-refractivity contribution in [2.75, 3.05) is 0 Å². The predicted octanol–water partition coefficient (Wildman–Crippen LogP) is 5.49. The Kier molecular flexibility index (Phi) is 8.59. The Bertz CT molecular complexity index is 332. The summed E-state index contributed by atoms with van der Waals surface area (Å²) in [7, 11) is 0. The van der Waals surface area contributed by atoms with Gasteiger partial charge in [-0.25, -0.2) is 0 Å². The van der Waals surface area contributed by atoms with Gasteiger partial charge in [0, 0.05) is 11.3 Å². The Balaban J connectivity index is 2.00. The maximum atomic E-state index is 3.24. The standard InChI is InChI=1S/C16H22S/c1-2-3-4-5-6-7-8-12-15-17-16-13-10-9-11-14-16/h9-11,13-14H,2-8H2,1H3. The van der Waals surface area contributed by atoms with Crippen molar-refractivity contribution in [3.8, 4) is 11.2 Å². The number of hydrogen-bond donors (Lipinski definition) is 0. The van der Waals surface area contributed by atoms with Crippen LogP contribution in [-0.4, -0.2) is 0 Å². The van der Waals surface area contributed by atoms with Crippen LogP contribution < -0.4 is 0 Å². The van der Waals surface area contributed by atoms with E-state index in [0.29, 0.717) is 0 Å². The second-order valence-corrected chi connectivity index (χ2v) is 5.09. The first kappa shape index (κ1) is 14.2. The second-order valence-electron chi connectivity index (χ2n) is 4.21. The van der Waals surface area contributed by atoms with Gasteiger partial charge in [0.05, 0.1) is 0 Å². The van der Waals surface area contributed by atoms with Crippen molar-refractivity contribution in [2.24, 2.45) is 0 Å². The highest BCUT2D eigenvalue weighted by Crippen LogP contribution is 2.15. The van der Waals surface area contributed by atoms with Gasteiger partial charge in [-0.05, 0) is 35.6 Å². The van der Waals surface area contributed by atoms with Crippen LogP contribution in [0.3, 0.4) is 0 Å². The maximum Gasteiger partial charge on any atom is 0.0203 e. The highest BCUT2D eigenvalue weighted by molar-refractivity contribution is 8.03. The van der Waals surface area contributed by atoms with Crippen molar-refractivity contribution >= 4 is 11.8 Å². The van der Waals surface area contributed by atoms with E-state index in [1.54, 1.807) is 11.8 Å². The van der Waals surface area contributed by atoms with E-state index in [2.05, 4.69) is 42.4 Å². The molecule has 17 heavy (non-hydrogen) atoms. The molecule has 0 saturated heterocycles. The highest BCUT2D eigenvalue weighted by Gasteiger charge is 1.88. The Labute approximate surface area is 110 Å². The van der Waals surface area contributed by atoms with Crippen LogP contribution >= 0.6 is 11.8 Å². The fourth-order valence-corrected chi connectivity index (χ4v) is 2.21. The number of benzene rings is 1. The number of unbranched alkanes of at least 4 members (excludes halogenated alkanes) is 6. The molecule has 0 nitrogen and oxygen atoms in total.